The number of carbonyl (C=O) groups excluding carboxylic acids is 2. The average Bonchev–Trinajstić information content (AvgIpc) is 2.68. The van der Waals surface area contributed by atoms with Gasteiger partial charge in [0, 0.05) is 6.42 Å². The largest absolute Gasteiger partial charge is 0.468 e. The predicted octanol–water partition coefficient (Wildman–Crippen LogP) is 2.24. The molecule has 1 aromatic rings. The van der Waals surface area contributed by atoms with Gasteiger partial charge in [-0.2, -0.15) is 8.42 Å². The third-order valence-electron chi connectivity index (χ3n) is 4.01. The number of ether oxygens (including phenoxy) is 3. The molecule has 9 heteroatoms. The van der Waals surface area contributed by atoms with Crippen molar-refractivity contribution in [3.05, 3.63) is 47.5 Å². The van der Waals surface area contributed by atoms with Gasteiger partial charge in [0.05, 0.1) is 39.8 Å². The lowest BCUT2D eigenvalue weighted by Crippen LogP contribution is -2.31. The van der Waals surface area contributed by atoms with E-state index in [-0.39, 0.29) is 19.6 Å². The normalized spacial score (nSPS) is 13.2. The SMILES string of the molecule is COC(=O)C(CC(/C=C(/C)CCOS(C)(=O)=O)OCc1ccccc1)C(=O)OC. The summed E-state index contributed by atoms with van der Waals surface area (Å²) in [5.74, 6) is -2.56. The highest BCUT2D eigenvalue weighted by Gasteiger charge is 2.31. The maximum atomic E-state index is 12.0. The summed E-state index contributed by atoms with van der Waals surface area (Å²) in [6.45, 7) is 2.05. The van der Waals surface area contributed by atoms with Gasteiger partial charge in [0.15, 0.2) is 5.92 Å². The average molecular weight is 429 g/mol. The molecule has 1 unspecified atom stereocenters. The molecule has 0 aliphatic rings. The van der Waals surface area contributed by atoms with E-state index >= 15 is 0 Å². The molecule has 0 bridgehead atoms. The lowest BCUT2D eigenvalue weighted by molar-refractivity contribution is -0.160. The van der Waals surface area contributed by atoms with Crippen LogP contribution in [0.4, 0.5) is 0 Å². The minimum absolute atomic E-state index is 0.00992. The summed E-state index contributed by atoms with van der Waals surface area (Å²) < 4.78 is 42.2. The highest BCUT2D eigenvalue weighted by atomic mass is 32.2. The van der Waals surface area contributed by atoms with Crippen LogP contribution >= 0.6 is 0 Å². The molecule has 8 nitrogen and oxygen atoms in total. The van der Waals surface area contributed by atoms with Gasteiger partial charge in [-0.15, -0.1) is 0 Å². The van der Waals surface area contributed by atoms with E-state index in [1.165, 1.54) is 14.2 Å². The Bertz CT molecular complexity index is 770. The van der Waals surface area contributed by atoms with E-state index in [4.69, 9.17) is 18.4 Å². The Morgan fingerprint density at radius 1 is 1.07 bits per heavy atom. The van der Waals surface area contributed by atoms with Gasteiger partial charge < -0.3 is 14.2 Å². The second-order valence-corrected chi connectivity index (χ2v) is 8.10. The Morgan fingerprint density at radius 3 is 2.17 bits per heavy atom. The minimum Gasteiger partial charge on any atom is -0.468 e. The molecule has 0 saturated heterocycles. The predicted molar refractivity (Wildman–Crippen MR) is 106 cm³/mol. The van der Waals surface area contributed by atoms with E-state index in [1.807, 2.05) is 30.3 Å². The molecule has 1 atom stereocenters. The van der Waals surface area contributed by atoms with E-state index < -0.39 is 34.1 Å². The van der Waals surface area contributed by atoms with Crippen LogP contribution in [0.25, 0.3) is 0 Å². The quantitative estimate of drug-likeness (QED) is 0.216. The van der Waals surface area contributed by atoms with Crippen molar-refractivity contribution in [3.8, 4) is 0 Å². The van der Waals surface area contributed by atoms with Gasteiger partial charge in [-0.05, 0) is 18.9 Å². The summed E-state index contributed by atoms with van der Waals surface area (Å²) in [6, 6.07) is 9.43. The van der Waals surface area contributed by atoms with Crippen LogP contribution < -0.4 is 0 Å². The maximum absolute atomic E-state index is 12.0. The van der Waals surface area contributed by atoms with Crippen molar-refractivity contribution in [3.63, 3.8) is 0 Å². The van der Waals surface area contributed by atoms with Crippen molar-refractivity contribution >= 4 is 22.1 Å². The summed E-state index contributed by atoms with van der Waals surface area (Å²) >= 11 is 0. The van der Waals surface area contributed by atoms with Crippen LogP contribution in [0.3, 0.4) is 0 Å². The number of methoxy groups -OCH3 is 2. The van der Waals surface area contributed by atoms with E-state index in [0.717, 1.165) is 17.4 Å². The van der Waals surface area contributed by atoms with Gasteiger partial charge in [0.2, 0.25) is 0 Å². The van der Waals surface area contributed by atoms with Crippen molar-refractivity contribution in [1.29, 1.82) is 0 Å². The molecule has 29 heavy (non-hydrogen) atoms. The van der Waals surface area contributed by atoms with Crippen molar-refractivity contribution in [2.75, 3.05) is 27.1 Å². The molecular formula is C20H28O8S. The van der Waals surface area contributed by atoms with Gasteiger partial charge >= 0.3 is 11.9 Å². The first kappa shape index (κ1) is 24.8. The Labute approximate surface area is 171 Å². The lowest BCUT2D eigenvalue weighted by Gasteiger charge is -2.20. The summed E-state index contributed by atoms with van der Waals surface area (Å²) in [7, 11) is -1.13. The zero-order valence-electron chi connectivity index (χ0n) is 17.1. The first-order valence-corrected chi connectivity index (χ1v) is 10.8. The molecule has 0 radical (unpaired) electrons. The fourth-order valence-electron chi connectivity index (χ4n) is 2.52. The molecule has 0 saturated carbocycles. The summed E-state index contributed by atoms with van der Waals surface area (Å²) in [6.07, 6.45) is 2.50. The monoisotopic (exact) mass is 428 g/mol. The first-order chi connectivity index (χ1) is 13.7. The first-order valence-electron chi connectivity index (χ1n) is 8.99. The minimum atomic E-state index is -3.52. The zero-order chi connectivity index (χ0) is 21.9. The third-order valence-corrected chi connectivity index (χ3v) is 4.61. The van der Waals surface area contributed by atoms with E-state index in [2.05, 4.69) is 0 Å². The van der Waals surface area contributed by atoms with E-state index in [1.54, 1.807) is 13.0 Å². The van der Waals surface area contributed by atoms with Crippen LogP contribution in [0, 0.1) is 5.92 Å². The molecular weight excluding hydrogens is 400 g/mol. The molecule has 1 rings (SSSR count). The Morgan fingerprint density at radius 2 is 1.66 bits per heavy atom. The molecule has 0 spiro atoms. The Balaban J connectivity index is 2.92. The zero-order valence-corrected chi connectivity index (χ0v) is 17.9. The highest BCUT2D eigenvalue weighted by Crippen LogP contribution is 2.18. The van der Waals surface area contributed by atoms with E-state index in [0.29, 0.717) is 6.42 Å². The van der Waals surface area contributed by atoms with Crippen LogP contribution in [-0.4, -0.2) is 53.5 Å². The van der Waals surface area contributed by atoms with Crippen molar-refractivity contribution in [2.24, 2.45) is 5.92 Å². The molecule has 0 aliphatic heterocycles. The molecule has 1 aromatic carbocycles. The number of hydrogen-bond donors (Lipinski definition) is 0. The Kier molecular flexibility index (Phi) is 10.6. The molecule has 162 valence electrons. The van der Waals surface area contributed by atoms with Gasteiger partial charge in [-0.3, -0.25) is 13.8 Å². The summed E-state index contributed by atoms with van der Waals surface area (Å²) in [5, 5.41) is 0. The van der Waals surface area contributed by atoms with E-state index in [9.17, 15) is 18.0 Å². The van der Waals surface area contributed by atoms with Gasteiger partial charge in [-0.25, -0.2) is 0 Å². The molecule has 0 amide bonds. The number of carbonyl (C=O) groups is 2. The van der Waals surface area contributed by atoms with Crippen molar-refractivity contribution in [1.82, 2.24) is 0 Å². The van der Waals surface area contributed by atoms with Crippen LogP contribution in [0.5, 0.6) is 0 Å². The molecule has 0 N–H and O–H groups in total. The Hall–Kier alpha value is -2.23. The third kappa shape index (κ3) is 10.2. The maximum Gasteiger partial charge on any atom is 0.320 e. The number of rotatable bonds is 12. The van der Waals surface area contributed by atoms with Crippen LogP contribution in [0.15, 0.2) is 42.0 Å². The summed E-state index contributed by atoms with van der Waals surface area (Å²) in [4.78, 5) is 24.0. The molecule has 0 heterocycles. The van der Waals surface area contributed by atoms with Crippen molar-refractivity contribution in [2.45, 2.75) is 32.5 Å². The standard InChI is InChI=1S/C20H28O8S/c1-15(10-11-28-29(4,23)24)12-17(27-14-16-8-6-5-7-9-16)13-18(19(21)25-2)20(22)26-3/h5-9,12,17-18H,10-11,13-14H2,1-4H3/b15-12-. The van der Waals surface area contributed by atoms with Crippen LogP contribution in [0.1, 0.15) is 25.3 Å². The second-order valence-electron chi connectivity index (χ2n) is 6.46. The summed E-state index contributed by atoms with van der Waals surface area (Å²) in [5.41, 5.74) is 1.72. The fourth-order valence-corrected chi connectivity index (χ4v) is 2.91. The van der Waals surface area contributed by atoms with Crippen LogP contribution in [0.2, 0.25) is 0 Å². The topological polar surface area (TPSA) is 105 Å². The molecule has 0 fully saturated rings. The van der Waals surface area contributed by atoms with Gasteiger partial charge in [0.25, 0.3) is 10.1 Å². The lowest BCUT2D eigenvalue weighted by atomic mass is 9.99. The molecule has 0 aromatic heterocycles. The van der Waals surface area contributed by atoms with Crippen molar-refractivity contribution < 1.29 is 36.4 Å². The highest BCUT2D eigenvalue weighted by molar-refractivity contribution is 7.85. The molecule has 0 aliphatic carbocycles. The second kappa shape index (κ2) is 12.4. The van der Waals surface area contributed by atoms with Gasteiger partial charge in [-0.1, -0.05) is 42.0 Å². The smallest absolute Gasteiger partial charge is 0.320 e. The fraction of sp³-hybridized carbons (Fsp3) is 0.500. The van der Waals surface area contributed by atoms with Gasteiger partial charge in [0.1, 0.15) is 0 Å². The number of hydrogen-bond acceptors (Lipinski definition) is 8. The number of benzene rings is 1. The van der Waals surface area contributed by atoms with Crippen LogP contribution in [-0.2, 0) is 44.7 Å². The number of esters is 2.